The largest absolute Gasteiger partial charge is 0.330 e. The maximum absolute atomic E-state index is 5.69. The summed E-state index contributed by atoms with van der Waals surface area (Å²) in [6, 6.07) is 0. The highest BCUT2D eigenvalue weighted by Crippen LogP contribution is 2.33. The van der Waals surface area contributed by atoms with Crippen LogP contribution in [0.3, 0.4) is 0 Å². The first-order valence-corrected chi connectivity index (χ1v) is 4.98. The molecular formula is C11H19N. The summed E-state index contributed by atoms with van der Waals surface area (Å²) in [4.78, 5) is 0. The van der Waals surface area contributed by atoms with E-state index in [1.165, 1.54) is 25.7 Å². The van der Waals surface area contributed by atoms with Crippen molar-refractivity contribution in [1.29, 1.82) is 0 Å². The molecular weight excluding hydrogens is 146 g/mol. The zero-order chi connectivity index (χ0) is 8.81. The van der Waals surface area contributed by atoms with Gasteiger partial charge >= 0.3 is 0 Å². The number of rotatable bonds is 3. The lowest BCUT2D eigenvalue weighted by Gasteiger charge is -2.15. The third-order valence-electron chi connectivity index (χ3n) is 2.94. The molecule has 0 saturated heterocycles. The average molecular weight is 165 g/mol. The molecule has 0 heterocycles. The number of hydrogen-bond donors (Lipinski definition) is 1. The molecule has 1 fully saturated rings. The van der Waals surface area contributed by atoms with E-state index in [9.17, 15) is 0 Å². The Morgan fingerprint density at radius 3 is 2.75 bits per heavy atom. The zero-order valence-corrected chi connectivity index (χ0v) is 7.97. The molecule has 0 aromatic rings. The molecule has 1 nitrogen and oxygen atoms in total. The van der Waals surface area contributed by atoms with E-state index in [1.54, 1.807) is 0 Å². The third kappa shape index (κ3) is 2.53. The van der Waals surface area contributed by atoms with Crippen LogP contribution in [0, 0.1) is 23.7 Å². The Kier molecular flexibility index (Phi) is 4.18. The van der Waals surface area contributed by atoms with Gasteiger partial charge in [0.25, 0.3) is 0 Å². The van der Waals surface area contributed by atoms with Crippen LogP contribution in [0.2, 0.25) is 0 Å². The van der Waals surface area contributed by atoms with Crippen molar-refractivity contribution in [1.82, 2.24) is 0 Å². The summed E-state index contributed by atoms with van der Waals surface area (Å²) >= 11 is 0. The minimum absolute atomic E-state index is 0.795. The van der Waals surface area contributed by atoms with Crippen molar-refractivity contribution in [3.63, 3.8) is 0 Å². The molecule has 0 spiro atoms. The summed E-state index contributed by atoms with van der Waals surface area (Å²) in [6.45, 7) is 2.79. The maximum Gasteiger partial charge on any atom is 0.00913 e. The maximum atomic E-state index is 5.69. The van der Waals surface area contributed by atoms with Crippen LogP contribution in [0.4, 0.5) is 0 Å². The van der Waals surface area contributed by atoms with Gasteiger partial charge in [-0.25, -0.2) is 0 Å². The Morgan fingerprint density at radius 1 is 1.33 bits per heavy atom. The van der Waals surface area contributed by atoms with Gasteiger partial charge in [0.15, 0.2) is 0 Å². The number of hydrogen-bond acceptors (Lipinski definition) is 1. The van der Waals surface area contributed by atoms with E-state index in [0.29, 0.717) is 0 Å². The van der Waals surface area contributed by atoms with Gasteiger partial charge in [-0.05, 0) is 38.1 Å². The van der Waals surface area contributed by atoms with Crippen molar-refractivity contribution in [2.75, 3.05) is 6.54 Å². The molecule has 0 aromatic heterocycles. The van der Waals surface area contributed by atoms with Gasteiger partial charge in [-0.15, -0.1) is 11.8 Å². The van der Waals surface area contributed by atoms with Crippen LogP contribution in [0.15, 0.2) is 0 Å². The monoisotopic (exact) mass is 165 g/mol. The smallest absolute Gasteiger partial charge is 0.00913 e. The molecule has 68 valence electrons. The van der Waals surface area contributed by atoms with Crippen molar-refractivity contribution in [3.05, 3.63) is 0 Å². The van der Waals surface area contributed by atoms with Gasteiger partial charge in [0.05, 0.1) is 0 Å². The molecule has 0 radical (unpaired) electrons. The topological polar surface area (TPSA) is 26.0 Å². The van der Waals surface area contributed by atoms with Crippen LogP contribution in [-0.2, 0) is 0 Å². The normalized spacial score (nSPS) is 28.2. The molecule has 1 rings (SSSR count). The van der Waals surface area contributed by atoms with Crippen molar-refractivity contribution in [3.8, 4) is 11.8 Å². The Bertz CT molecular complexity index is 175. The Labute approximate surface area is 75.7 Å². The van der Waals surface area contributed by atoms with Crippen LogP contribution in [-0.4, -0.2) is 6.54 Å². The quantitative estimate of drug-likeness (QED) is 0.637. The van der Waals surface area contributed by atoms with E-state index in [0.717, 1.165) is 24.8 Å². The van der Waals surface area contributed by atoms with E-state index in [-0.39, 0.29) is 0 Å². The minimum atomic E-state index is 0.795. The van der Waals surface area contributed by atoms with Gasteiger partial charge < -0.3 is 5.73 Å². The van der Waals surface area contributed by atoms with Crippen LogP contribution in [0.5, 0.6) is 0 Å². The fourth-order valence-electron chi connectivity index (χ4n) is 2.19. The molecule has 12 heavy (non-hydrogen) atoms. The molecule has 0 bridgehead atoms. The molecule has 1 heteroatoms. The SMILES string of the molecule is CC#CCCC1CCCC1CN. The second-order valence-electron chi connectivity index (χ2n) is 3.65. The first-order valence-electron chi connectivity index (χ1n) is 4.98. The highest BCUT2D eigenvalue weighted by atomic mass is 14.6. The van der Waals surface area contributed by atoms with Crippen LogP contribution < -0.4 is 5.73 Å². The average Bonchev–Trinajstić information content (AvgIpc) is 2.52. The zero-order valence-electron chi connectivity index (χ0n) is 7.97. The van der Waals surface area contributed by atoms with E-state index in [4.69, 9.17) is 5.73 Å². The highest BCUT2D eigenvalue weighted by Gasteiger charge is 2.24. The second-order valence-corrected chi connectivity index (χ2v) is 3.65. The second kappa shape index (κ2) is 5.22. The Hall–Kier alpha value is -0.480. The standard InChI is InChI=1S/C11H19N/c1-2-3-4-6-10-7-5-8-11(10)9-12/h10-11H,4-9,12H2,1H3. The molecule has 1 aliphatic rings. The van der Waals surface area contributed by atoms with E-state index in [2.05, 4.69) is 11.8 Å². The summed E-state index contributed by atoms with van der Waals surface area (Å²) in [6.07, 6.45) is 6.44. The van der Waals surface area contributed by atoms with Crippen molar-refractivity contribution < 1.29 is 0 Å². The molecule has 0 amide bonds. The fourth-order valence-corrected chi connectivity index (χ4v) is 2.19. The Morgan fingerprint density at radius 2 is 2.08 bits per heavy atom. The molecule has 2 unspecified atom stereocenters. The number of nitrogens with two attached hydrogens (primary N) is 1. The summed E-state index contributed by atoms with van der Waals surface area (Å²) in [5, 5.41) is 0. The lowest BCUT2D eigenvalue weighted by atomic mass is 9.92. The van der Waals surface area contributed by atoms with Crippen LogP contribution in [0.25, 0.3) is 0 Å². The van der Waals surface area contributed by atoms with Gasteiger partial charge in [-0.1, -0.05) is 12.8 Å². The first kappa shape index (κ1) is 9.61. The predicted molar refractivity (Wildman–Crippen MR) is 52.6 cm³/mol. The summed E-state index contributed by atoms with van der Waals surface area (Å²) in [5.41, 5.74) is 5.69. The third-order valence-corrected chi connectivity index (χ3v) is 2.94. The van der Waals surface area contributed by atoms with Crippen molar-refractivity contribution in [2.24, 2.45) is 17.6 Å². The van der Waals surface area contributed by atoms with Gasteiger partial charge in [0, 0.05) is 6.42 Å². The van der Waals surface area contributed by atoms with Gasteiger partial charge in [0.2, 0.25) is 0 Å². The highest BCUT2D eigenvalue weighted by molar-refractivity contribution is 4.95. The van der Waals surface area contributed by atoms with Crippen molar-refractivity contribution >= 4 is 0 Å². The van der Waals surface area contributed by atoms with E-state index >= 15 is 0 Å². The summed E-state index contributed by atoms with van der Waals surface area (Å²) in [7, 11) is 0. The lowest BCUT2D eigenvalue weighted by molar-refractivity contribution is 0.376. The van der Waals surface area contributed by atoms with Gasteiger partial charge in [-0.3, -0.25) is 0 Å². The molecule has 2 atom stereocenters. The van der Waals surface area contributed by atoms with Crippen molar-refractivity contribution in [2.45, 2.75) is 39.0 Å². The van der Waals surface area contributed by atoms with Gasteiger partial charge in [0.1, 0.15) is 0 Å². The molecule has 1 aliphatic carbocycles. The predicted octanol–water partition coefficient (Wildman–Crippen LogP) is 2.16. The van der Waals surface area contributed by atoms with Crippen LogP contribution in [0.1, 0.15) is 39.0 Å². The molecule has 0 aromatic carbocycles. The first-order chi connectivity index (χ1) is 5.88. The summed E-state index contributed by atoms with van der Waals surface area (Å²) in [5.74, 6) is 7.74. The van der Waals surface area contributed by atoms with E-state index in [1.807, 2.05) is 6.92 Å². The van der Waals surface area contributed by atoms with Gasteiger partial charge in [-0.2, -0.15) is 0 Å². The fraction of sp³-hybridized carbons (Fsp3) is 0.818. The molecule has 0 aliphatic heterocycles. The molecule has 1 saturated carbocycles. The van der Waals surface area contributed by atoms with E-state index < -0.39 is 0 Å². The lowest BCUT2D eigenvalue weighted by Crippen LogP contribution is -2.18. The molecule has 2 N–H and O–H groups in total. The minimum Gasteiger partial charge on any atom is -0.330 e. The summed E-state index contributed by atoms with van der Waals surface area (Å²) < 4.78 is 0. The Balaban J connectivity index is 2.24. The van der Waals surface area contributed by atoms with Crippen LogP contribution >= 0.6 is 0 Å².